The Morgan fingerprint density at radius 3 is 2.60 bits per heavy atom. The molecule has 2 nitrogen and oxygen atoms in total. The summed E-state index contributed by atoms with van der Waals surface area (Å²) in [4.78, 5) is 11.8. The summed E-state index contributed by atoms with van der Waals surface area (Å²) >= 11 is 9.63. The van der Waals surface area contributed by atoms with Crippen LogP contribution in [-0.4, -0.2) is 11.1 Å². The summed E-state index contributed by atoms with van der Waals surface area (Å²) < 4.78 is 0.922. The van der Waals surface area contributed by atoms with E-state index in [0.717, 1.165) is 42.1 Å². The van der Waals surface area contributed by atoms with E-state index in [1.165, 1.54) is 0 Å². The minimum absolute atomic E-state index is 0.533. The van der Waals surface area contributed by atoms with E-state index in [9.17, 15) is 9.90 Å². The molecule has 0 bridgehead atoms. The maximum Gasteiger partial charge on any atom is 0.309 e. The molecule has 0 atom stereocenters. The van der Waals surface area contributed by atoms with Crippen LogP contribution in [0, 0.1) is 11.3 Å². The first kappa shape index (κ1) is 15.8. The number of carboxylic acids is 1. The van der Waals surface area contributed by atoms with Crippen LogP contribution in [0.25, 0.3) is 0 Å². The highest BCUT2D eigenvalue weighted by molar-refractivity contribution is 9.10. The first-order chi connectivity index (χ1) is 9.47. The maximum atomic E-state index is 11.8. The highest BCUT2D eigenvalue weighted by atomic mass is 79.9. The van der Waals surface area contributed by atoms with Gasteiger partial charge in [0.15, 0.2) is 0 Å². The van der Waals surface area contributed by atoms with Crippen molar-refractivity contribution in [2.45, 2.75) is 45.4 Å². The Morgan fingerprint density at radius 2 is 2.10 bits per heavy atom. The zero-order chi connectivity index (χ0) is 14.8. The second-order valence-corrected chi connectivity index (χ2v) is 7.17. The van der Waals surface area contributed by atoms with Crippen molar-refractivity contribution in [1.82, 2.24) is 0 Å². The standard InChI is InChI=1S/C16H20BrClO2/c1-2-11-5-7-16(8-6-11,15(19)20)10-12-3-4-13(17)9-14(12)18/h3-4,9,11H,2,5-8,10H2,1H3,(H,19,20). The van der Waals surface area contributed by atoms with E-state index >= 15 is 0 Å². The molecule has 0 aromatic heterocycles. The number of carboxylic acid groups (broad SMARTS) is 1. The van der Waals surface area contributed by atoms with Gasteiger partial charge < -0.3 is 5.11 Å². The molecule has 0 heterocycles. The summed E-state index contributed by atoms with van der Waals surface area (Å²) in [6, 6.07) is 5.70. The van der Waals surface area contributed by atoms with Crippen molar-refractivity contribution in [2.24, 2.45) is 11.3 Å². The molecule has 0 spiro atoms. The van der Waals surface area contributed by atoms with Crippen LogP contribution in [0.15, 0.2) is 22.7 Å². The Hall–Kier alpha value is -0.540. The largest absolute Gasteiger partial charge is 0.481 e. The number of rotatable bonds is 4. The lowest BCUT2D eigenvalue weighted by molar-refractivity contribution is -0.151. The molecule has 0 unspecified atom stereocenters. The summed E-state index contributed by atoms with van der Waals surface area (Å²) in [5.74, 6) is 0.00824. The second-order valence-electron chi connectivity index (χ2n) is 5.85. The van der Waals surface area contributed by atoms with Gasteiger partial charge in [-0.05, 0) is 55.7 Å². The van der Waals surface area contributed by atoms with Gasteiger partial charge in [0.05, 0.1) is 5.41 Å². The minimum atomic E-state index is -0.675. The minimum Gasteiger partial charge on any atom is -0.481 e. The normalized spacial score (nSPS) is 26.4. The number of hydrogen-bond acceptors (Lipinski definition) is 1. The van der Waals surface area contributed by atoms with Crippen LogP contribution in [0.3, 0.4) is 0 Å². The zero-order valence-corrected chi connectivity index (χ0v) is 14.0. The summed E-state index contributed by atoms with van der Waals surface area (Å²) in [6.07, 6.45) is 5.22. The fraction of sp³-hybridized carbons (Fsp3) is 0.562. The molecule has 2 rings (SSSR count). The van der Waals surface area contributed by atoms with E-state index < -0.39 is 11.4 Å². The van der Waals surface area contributed by atoms with Crippen LogP contribution in [0.1, 0.15) is 44.6 Å². The molecule has 0 radical (unpaired) electrons. The van der Waals surface area contributed by atoms with Crippen LogP contribution in [-0.2, 0) is 11.2 Å². The lowest BCUT2D eigenvalue weighted by Gasteiger charge is -2.37. The highest BCUT2D eigenvalue weighted by Gasteiger charge is 2.41. The molecule has 20 heavy (non-hydrogen) atoms. The zero-order valence-electron chi connectivity index (χ0n) is 11.7. The molecule has 1 fully saturated rings. The summed E-state index contributed by atoms with van der Waals surface area (Å²) in [5.41, 5.74) is 0.301. The predicted octanol–water partition coefficient (Wildman–Crippen LogP) is 5.32. The molecule has 1 aromatic rings. The molecular formula is C16H20BrClO2. The van der Waals surface area contributed by atoms with Crippen molar-refractivity contribution in [2.75, 3.05) is 0 Å². The summed E-state index contributed by atoms with van der Waals surface area (Å²) in [7, 11) is 0. The van der Waals surface area contributed by atoms with E-state index in [1.54, 1.807) is 0 Å². The van der Waals surface area contributed by atoms with Crippen LogP contribution >= 0.6 is 27.5 Å². The average molecular weight is 360 g/mol. The maximum absolute atomic E-state index is 11.8. The Morgan fingerprint density at radius 1 is 1.45 bits per heavy atom. The van der Waals surface area contributed by atoms with Gasteiger partial charge in [-0.15, -0.1) is 0 Å². The smallest absolute Gasteiger partial charge is 0.309 e. The molecular weight excluding hydrogens is 340 g/mol. The molecule has 0 saturated heterocycles. The van der Waals surface area contributed by atoms with Crippen LogP contribution in [0.2, 0.25) is 5.02 Å². The fourth-order valence-electron chi connectivity index (χ4n) is 3.13. The molecule has 1 saturated carbocycles. The third-order valence-electron chi connectivity index (χ3n) is 4.64. The average Bonchev–Trinajstić information content (AvgIpc) is 2.42. The van der Waals surface area contributed by atoms with Crippen LogP contribution in [0.5, 0.6) is 0 Å². The number of aliphatic carboxylic acids is 1. The predicted molar refractivity (Wildman–Crippen MR) is 85.2 cm³/mol. The molecule has 1 aliphatic rings. The van der Waals surface area contributed by atoms with Crippen molar-refractivity contribution in [3.05, 3.63) is 33.3 Å². The van der Waals surface area contributed by atoms with E-state index in [-0.39, 0.29) is 0 Å². The summed E-state index contributed by atoms with van der Waals surface area (Å²) in [6.45, 7) is 2.18. The molecule has 110 valence electrons. The van der Waals surface area contributed by atoms with Gasteiger partial charge in [0, 0.05) is 9.50 Å². The van der Waals surface area contributed by atoms with Gasteiger partial charge >= 0.3 is 5.97 Å². The van der Waals surface area contributed by atoms with Crippen molar-refractivity contribution >= 4 is 33.5 Å². The van der Waals surface area contributed by atoms with Gasteiger partial charge in [0.25, 0.3) is 0 Å². The molecule has 1 aliphatic carbocycles. The fourth-order valence-corrected chi connectivity index (χ4v) is 3.87. The van der Waals surface area contributed by atoms with Gasteiger partial charge in [0.2, 0.25) is 0 Å². The third kappa shape index (κ3) is 3.37. The van der Waals surface area contributed by atoms with Gasteiger partial charge in [-0.25, -0.2) is 0 Å². The molecule has 0 amide bonds. The van der Waals surface area contributed by atoms with E-state index in [0.29, 0.717) is 17.4 Å². The molecule has 1 N–H and O–H groups in total. The molecule has 4 heteroatoms. The Bertz CT molecular complexity index is 493. The van der Waals surface area contributed by atoms with Crippen LogP contribution in [0.4, 0.5) is 0 Å². The third-order valence-corrected chi connectivity index (χ3v) is 5.48. The number of hydrogen-bond donors (Lipinski definition) is 1. The molecule has 0 aliphatic heterocycles. The monoisotopic (exact) mass is 358 g/mol. The first-order valence-electron chi connectivity index (χ1n) is 7.14. The number of benzene rings is 1. The first-order valence-corrected chi connectivity index (χ1v) is 8.31. The lowest BCUT2D eigenvalue weighted by Crippen LogP contribution is -2.37. The van der Waals surface area contributed by atoms with E-state index in [1.807, 2.05) is 18.2 Å². The second kappa shape index (κ2) is 6.48. The van der Waals surface area contributed by atoms with E-state index in [4.69, 9.17) is 11.6 Å². The summed E-state index contributed by atoms with van der Waals surface area (Å²) in [5, 5.41) is 10.4. The Labute approximate surface area is 133 Å². The lowest BCUT2D eigenvalue weighted by atomic mass is 9.67. The van der Waals surface area contributed by atoms with E-state index in [2.05, 4.69) is 22.9 Å². The van der Waals surface area contributed by atoms with Crippen molar-refractivity contribution in [1.29, 1.82) is 0 Å². The van der Waals surface area contributed by atoms with Crippen molar-refractivity contribution in [3.63, 3.8) is 0 Å². The van der Waals surface area contributed by atoms with Gasteiger partial charge in [-0.3, -0.25) is 4.79 Å². The number of carbonyl (C=O) groups is 1. The Kier molecular flexibility index (Phi) is 5.14. The van der Waals surface area contributed by atoms with Gasteiger partial charge in [-0.2, -0.15) is 0 Å². The van der Waals surface area contributed by atoms with Crippen molar-refractivity contribution < 1.29 is 9.90 Å². The van der Waals surface area contributed by atoms with Gasteiger partial charge in [-0.1, -0.05) is 46.9 Å². The van der Waals surface area contributed by atoms with Crippen molar-refractivity contribution in [3.8, 4) is 0 Å². The topological polar surface area (TPSA) is 37.3 Å². The SMILES string of the molecule is CCC1CCC(Cc2ccc(Br)cc2Cl)(C(=O)O)CC1. The number of halogens is 2. The van der Waals surface area contributed by atoms with Gasteiger partial charge in [0.1, 0.15) is 0 Å². The highest BCUT2D eigenvalue weighted by Crippen LogP contribution is 2.43. The quantitative estimate of drug-likeness (QED) is 0.790. The molecule has 1 aromatic carbocycles. The van der Waals surface area contributed by atoms with Crippen LogP contribution < -0.4 is 0 Å². The Balaban J connectivity index is 2.20.